The summed E-state index contributed by atoms with van der Waals surface area (Å²) in [6.45, 7) is 1.80. The summed E-state index contributed by atoms with van der Waals surface area (Å²) in [4.78, 5) is 28.2. The predicted octanol–water partition coefficient (Wildman–Crippen LogP) is 2.23. The van der Waals surface area contributed by atoms with E-state index in [4.69, 9.17) is 4.74 Å². The molecule has 0 spiro atoms. The largest absolute Gasteiger partial charge is 0.469 e. The van der Waals surface area contributed by atoms with Gasteiger partial charge in [0.1, 0.15) is 0 Å². The Bertz CT molecular complexity index is 644. The van der Waals surface area contributed by atoms with E-state index in [0.29, 0.717) is 12.0 Å². The number of methoxy groups -OCH3 is 1. The number of amides is 1. The minimum absolute atomic E-state index is 0.257. The van der Waals surface area contributed by atoms with Gasteiger partial charge in [-0.1, -0.05) is 30.3 Å². The molecule has 2 atom stereocenters. The fourth-order valence-electron chi connectivity index (χ4n) is 2.37. The highest BCUT2D eigenvalue weighted by Crippen LogP contribution is 2.15. The molecule has 0 radical (unpaired) electrons. The van der Waals surface area contributed by atoms with E-state index in [1.807, 2.05) is 30.3 Å². The van der Waals surface area contributed by atoms with E-state index >= 15 is 0 Å². The van der Waals surface area contributed by atoms with Crippen molar-refractivity contribution in [1.29, 1.82) is 0 Å². The zero-order valence-corrected chi connectivity index (χ0v) is 13.2. The van der Waals surface area contributed by atoms with Gasteiger partial charge in [0, 0.05) is 18.4 Å². The molecule has 0 aliphatic carbocycles. The molecule has 0 aliphatic heterocycles. The molecular formula is C18H20N2O3. The van der Waals surface area contributed by atoms with E-state index < -0.39 is 5.92 Å². The van der Waals surface area contributed by atoms with Crippen LogP contribution in [0, 0.1) is 5.92 Å². The number of carbonyl (C=O) groups excluding carboxylic acids is 2. The van der Waals surface area contributed by atoms with Crippen molar-refractivity contribution in [3.05, 3.63) is 66.0 Å². The Kier molecular flexibility index (Phi) is 5.86. The van der Waals surface area contributed by atoms with E-state index in [-0.39, 0.29) is 17.9 Å². The zero-order valence-electron chi connectivity index (χ0n) is 13.2. The van der Waals surface area contributed by atoms with Crippen LogP contribution in [0.4, 0.5) is 0 Å². The van der Waals surface area contributed by atoms with Gasteiger partial charge < -0.3 is 10.1 Å². The van der Waals surface area contributed by atoms with Crippen LogP contribution in [0.2, 0.25) is 0 Å². The molecule has 0 bridgehead atoms. The lowest BCUT2D eigenvalue weighted by atomic mass is 9.93. The molecule has 1 aromatic heterocycles. The molecule has 1 N–H and O–H groups in total. The molecule has 2 rings (SSSR count). The summed E-state index contributed by atoms with van der Waals surface area (Å²) in [5.41, 5.74) is 1.48. The average Bonchev–Trinajstić information content (AvgIpc) is 2.60. The van der Waals surface area contributed by atoms with Crippen LogP contribution in [-0.2, 0) is 16.0 Å². The van der Waals surface area contributed by atoms with Gasteiger partial charge in [0.05, 0.1) is 18.6 Å². The maximum Gasteiger partial charge on any atom is 0.311 e. The fraction of sp³-hybridized carbons (Fsp3) is 0.278. The van der Waals surface area contributed by atoms with Crippen LogP contribution in [0.15, 0.2) is 54.9 Å². The van der Waals surface area contributed by atoms with Gasteiger partial charge in [-0.15, -0.1) is 0 Å². The monoisotopic (exact) mass is 312 g/mol. The molecule has 1 aromatic carbocycles. The minimum atomic E-state index is -0.456. The van der Waals surface area contributed by atoms with Crippen molar-refractivity contribution in [3.8, 4) is 0 Å². The van der Waals surface area contributed by atoms with Crippen LogP contribution in [0.5, 0.6) is 0 Å². The van der Waals surface area contributed by atoms with Crippen LogP contribution in [-0.4, -0.2) is 30.0 Å². The number of carbonyl (C=O) groups is 2. The summed E-state index contributed by atoms with van der Waals surface area (Å²) in [7, 11) is 1.36. The van der Waals surface area contributed by atoms with Crippen molar-refractivity contribution < 1.29 is 14.3 Å². The number of aromatic nitrogens is 1. The summed E-state index contributed by atoms with van der Waals surface area (Å²) in [5, 5.41) is 2.85. The summed E-state index contributed by atoms with van der Waals surface area (Å²) in [6.07, 6.45) is 3.60. The van der Waals surface area contributed by atoms with Crippen molar-refractivity contribution in [2.24, 2.45) is 5.92 Å². The second kappa shape index (κ2) is 8.08. The lowest BCUT2D eigenvalue weighted by Gasteiger charge is -2.23. The van der Waals surface area contributed by atoms with E-state index in [9.17, 15) is 9.59 Å². The standard InChI is InChI=1S/C18H20N2O3/c1-13(20-17(21)15-9-6-10-19-12-15)16(18(22)23-2)11-14-7-4-3-5-8-14/h3-10,12-13,16H,11H2,1-2H3,(H,20,21)/t13-,16-/m0/s1. The van der Waals surface area contributed by atoms with Crippen LogP contribution < -0.4 is 5.32 Å². The quantitative estimate of drug-likeness (QED) is 0.831. The summed E-state index contributed by atoms with van der Waals surface area (Å²) in [6, 6.07) is 12.7. The fourth-order valence-corrected chi connectivity index (χ4v) is 2.37. The first-order chi connectivity index (χ1) is 11.1. The van der Waals surface area contributed by atoms with Crippen molar-refractivity contribution in [2.45, 2.75) is 19.4 Å². The van der Waals surface area contributed by atoms with Gasteiger partial charge in [-0.2, -0.15) is 0 Å². The van der Waals surface area contributed by atoms with E-state index in [0.717, 1.165) is 5.56 Å². The van der Waals surface area contributed by atoms with Gasteiger partial charge in [-0.3, -0.25) is 14.6 Å². The van der Waals surface area contributed by atoms with Crippen molar-refractivity contribution in [3.63, 3.8) is 0 Å². The molecule has 5 heteroatoms. The third-order valence-electron chi connectivity index (χ3n) is 3.69. The molecular weight excluding hydrogens is 292 g/mol. The number of nitrogens with one attached hydrogen (secondary N) is 1. The van der Waals surface area contributed by atoms with Crippen LogP contribution in [0.25, 0.3) is 0 Å². The van der Waals surface area contributed by atoms with Gasteiger partial charge in [-0.25, -0.2) is 0 Å². The van der Waals surface area contributed by atoms with Gasteiger partial charge >= 0.3 is 5.97 Å². The molecule has 0 aliphatic rings. The normalized spacial score (nSPS) is 13.0. The highest BCUT2D eigenvalue weighted by Gasteiger charge is 2.27. The molecule has 2 aromatic rings. The predicted molar refractivity (Wildman–Crippen MR) is 86.8 cm³/mol. The van der Waals surface area contributed by atoms with Crippen LogP contribution >= 0.6 is 0 Å². The Morgan fingerprint density at radius 3 is 2.52 bits per heavy atom. The van der Waals surface area contributed by atoms with Crippen molar-refractivity contribution in [2.75, 3.05) is 7.11 Å². The number of nitrogens with zero attached hydrogens (tertiary/aromatic N) is 1. The zero-order chi connectivity index (χ0) is 16.7. The summed E-state index contributed by atoms with van der Waals surface area (Å²) >= 11 is 0. The topological polar surface area (TPSA) is 68.3 Å². The third kappa shape index (κ3) is 4.64. The van der Waals surface area contributed by atoms with E-state index in [1.165, 1.54) is 13.3 Å². The third-order valence-corrected chi connectivity index (χ3v) is 3.69. The molecule has 1 amide bonds. The minimum Gasteiger partial charge on any atom is -0.469 e. The Morgan fingerprint density at radius 2 is 1.91 bits per heavy atom. The highest BCUT2D eigenvalue weighted by atomic mass is 16.5. The summed E-state index contributed by atoms with van der Waals surface area (Å²) in [5.74, 6) is -1.05. The first kappa shape index (κ1) is 16.7. The Labute approximate surface area is 135 Å². The van der Waals surface area contributed by atoms with Gasteiger partial charge in [0.15, 0.2) is 0 Å². The van der Waals surface area contributed by atoms with E-state index in [2.05, 4.69) is 10.3 Å². The van der Waals surface area contributed by atoms with Crippen molar-refractivity contribution in [1.82, 2.24) is 10.3 Å². The van der Waals surface area contributed by atoms with Gasteiger partial charge in [-0.05, 0) is 31.0 Å². The lowest BCUT2D eigenvalue weighted by Crippen LogP contribution is -2.42. The Morgan fingerprint density at radius 1 is 1.17 bits per heavy atom. The highest BCUT2D eigenvalue weighted by molar-refractivity contribution is 5.94. The summed E-state index contributed by atoms with van der Waals surface area (Å²) < 4.78 is 4.89. The smallest absolute Gasteiger partial charge is 0.311 e. The number of benzene rings is 1. The van der Waals surface area contributed by atoms with Crippen molar-refractivity contribution >= 4 is 11.9 Å². The molecule has 5 nitrogen and oxygen atoms in total. The number of ether oxygens (including phenoxy) is 1. The van der Waals surface area contributed by atoms with Crippen LogP contribution in [0.1, 0.15) is 22.8 Å². The number of pyridine rings is 1. The average molecular weight is 312 g/mol. The molecule has 0 saturated carbocycles. The molecule has 0 unspecified atom stereocenters. The van der Waals surface area contributed by atoms with E-state index in [1.54, 1.807) is 25.3 Å². The molecule has 0 fully saturated rings. The second-order valence-electron chi connectivity index (χ2n) is 5.32. The Balaban J connectivity index is 2.09. The molecule has 23 heavy (non-hydrogen) atoms. The van der Waals surface area contributed by atoms with Crippen LogP contribution in [0.3, 0.4) is 0 Å². The number of esters is 1. The first-order valence-corrected chi connectivity index (χ1v) is 7.44. The number of hydrogen-bond donors (Lipinski definition) is 1. The maximum absolute atomic E-state index is 12.2. The second-order valence-corrected chi connectivity index (χ2v) is 5.32. The molecule has 1 heterocycles. The molecule has 0 saturated heterocycles. The number of rotatable bonds is 6. The van der Waals surface area contributed by atoms with Gasteiger partial charge in [0.25, 0.3) is 5.91 Å². The molecule has 120 valence electrons. The Hall–Kier alpha value is -2.69. The SMILES string of the molecule is COC(=O)[C@@H](Cc1ccccc1)[C@H](C)NC(=O)c1cccnc1. The number of hydrogen-bond acceptors (Lipinski definition) is 4. The van der Waals surface area contributed by atoms with Gasteiger partial charge in [0.2, 0.25) is 0 Å². The lowest BCUT2D eigenvalue weighted by molar-refractivity contribution is -0.146. The maximum atomic E-state index is 12.2. The first-order valence-electron chi connectivity index (χ1n) is 7.44.